The highest BCUT2D eigenvalue weighted by atomic mass is 16.3. The molecule has 0 saturated heterocycles. The van der Waals surface area contributed by atoms with Crippen LogP contribution in [-0.4, -0.2) is 41.4 Å². The number of hydrogen-bond donors (Lipinski definition) is 0. The minimum Gasteiger partial charge on any atom is -0.468 e. The van der Waals surface area contributed by atoms with Crippen LogP contribution in [0.5, 0.6) is 0 Å². The highest BCUT2D eigenvalue weighted by Gasteiger charge is 2.40. The summed E-state index contributed by atoms with van der Waals surface area (Å²) in [5.41, 5.74) is -0.630. The van der Waals surface area contributed by atoms with E-state index >= 15 is 0 Å². The quantitative estimate of drug-likeness (QED) is 0.839. The first-order valence-corrected chi connectivity index (χ1v) is 7.92. The zero-order valence-electron chi connectivity index (χ0n) is 13.7. The van der Waals surface area contributed by atoms with Crippen molar-refractivity contribution < 1.29 is 9.21 Å². The first-order valence-electron chi connectivity index (χ1n) is 7.92. The lowest BCUT2D eigenvalue weighted by Gasteiger charge is -2.41. The summed E-state index contributed by atoms with van der Waals surface area (Å²) in [5.74, 6) is 0.829. The third-order valence-corrected chi connectivity index (χ3v) is 4.87. The Labute approximate surface area is 132 Å². The number of hydrogen-bond acceptors (Lipinski definition) is 4. The smallest absolute Gasteiger partial charge is 0.240 e. The van der Waals surface area contributed by atoms with Crippen molar-refractivity contribution in [3.8, 4) is 6.07 Å². The fourth-order valence-corrected chi connectivity index (χ4v) is 3.12. The van der Waals surface area contributed by atoms with Crippen LogP contribution in [0.15, 0.2) is 22.8 Å². The Balaban J connectivity index is 2.03. The molecule has 0 radical (unpaired) electrons. The second-order valence-corrected chi connectivity index (χ2v) is 6.27. The fourth-order valence-electron chi connectivity index (χ4n) is 3.12. The van der Waals surface area contributed by atoms with E-state index in [0.717, 1.165) is 37.9 Å². The molecular formula is C17H25N3O2. The van der Waals surface area contributed by atoms with Gasteiger partial charge >= 0.3 is 0 Å². The summed E-state index contributed by atoms with van der Waals surface area (Å²) in [7, 11) is 3.67. The van der Waals surface area contributed by atoms with E-state index in [-0.39, 0.29) is 11.9 Å². The third kappa shape index (κ3) is 3.33. The molecule has 5 heteroatoms. The van der Waals surface area contributed by atoms with Crippen LogP contribution in [0.3, 0.4) is 0 Å². The minimum absolute atomic E-state index is 0.00231. The molecule has 120 valence electrons. The molecule has 0 N–H and O–H groups in total. The van der Waals surface area contributed by atoms with Gasteiger partial charge in [0.1, 0.15) is 11.3 Å². The lowest BCUT2D eigenvalue weighted by Crippen LogP contribution is -2.55. The lowest BCUT2D eigenvalue weighted by molar-refractivity contribution is -0.139. The molecule has 0 unspecified atom stereocenters. The zero-order chi connectivity index (χ0) is 16.2. The van der Waals surface area contributed by atoms with E-state index in [4.69, 9.17) is 4.42 Å². The van der Waals surface area contributed by atoms with Crippen molar-refractivity contribution in [2.75, 3.05) is 14.1 Å². The van der Waals surface area contributed by atoms with Crippen molar-refractivity contribution in [3.63, 3.8) is 0 Å². The van der Waals surface area contributed by atoms with Crippen molar-refractivity contribution in [3.05, 3.63) is 24.2 Å². The van der Waals surface area contributed by atoms with Gasteiger partial charge in [-0.2, -0.15) is 5.26 Å². The SMILES string of the molecule is C[C@H](C(=O)N(C)C1(C#N)CCCCC1)N(C)Cc1ccco1. The van der Waals surface area contributed by atoms with Crippen LogP contribution in [0.25, 0.3) is 0 Å². The molecule has 1 aliphatic carbocycles. The molecule has 1 aromatic rings. The maximum absolute atomic E-state index is 12.8. The highest BCUT2D eigenvalue weighted by Crippen LogP contribution is 2.33. The Morgan fingerprint density at radius 2 is 2.09 bits per heavy atom. The molecule has 5 nitrogen and oxygen atoms in total. The van der Waals surface area contributed by atoms with Crippen LogP contribution >= 0.6 is 0 Å². The van der Waals surface area contributed by atoms with Crippen molar-refractivity contribution in [2.45, 2.75) is 57.2 Å². The van der Waals surface area contributed by atoms with E-state index in [1.54, 1.807) is 18.2 Å². The summed E-state index contributed by atoms with van der Waals surface area (Å²) in [6.45, 7) is 2.46. The fraction of sp³-hybridized carbons (Fsp3) is 0.647. The highest BCUT2D eigenvalue weighted by molar-refractivity contribution is 5.82. The van der Waals surface area contributed by atoms with Crippen LogP contribution in [0.2, 0.25) is 0 Å². The summed E-state index contributed by atoms with van der Waals surface area (Å²) in [6, 6.07) is 5.86. The molecule has 1 heterocycles. The van der Waals surface area contributed by atoms with Gasteiger partial charge in [-0.3, -0.25) is 9.69 Å². The molecule has 1 fully saturated rings. The van der Waals surface area contributed by atoms with Crippen LogP contribution in [-0.2, 0) is 11.3 Å². The van der Waals surface area contributed by atoms with Gasteiger partial charge in [0.25, 0.3) is 0 Å². The first kappa shape index (κ1) is 16.6. The molecule has 1 aromatic heterocycles. The molecular weight excluding hydrogens is 278 g/mol. The molecule has 0 spiro atoms. The normalized spacial score (nSPS) is 18.7. The summed E-state index contributed by atoms with van der Waals surface area (Å²) in [6.07, 6.45) is 6.37. The number of nitrogens with zero attached hydrogens (tertiary/aromatic N) is 3. The molecule has 0 aliphatic heterocycles. The zero-order valence-corrected chi connectivity index (χ0v) is 13.7. The van der Waals surface area contributed by atoms with Crippen molar-refractivity contribution in [1.29, 1.82) is 5.26 Å². The van der Waals surface area contributed by atoms with E-state index in [1.807, 2.05) is 31.0 Å². The van der Waals surface area contributed by atoms with Gasteiger partial charge in [0.05, 0.1) is 24.9 Å². The van der Waals surface area contributed by atoms with Gasteiger partial charge in [0.2, 0.25) is 5.91 Å². The van der Waals surface area contributed by atoms with Gasteiger partial charge < -0.3 is 9.32 Å². The molecule has 1 aliphatic rings. The average molecular weight is 303 g/mol. The van der Waals surface area contributed by atoms with Crippen LogP contribution < -0.4 is 0 Å². The van der Waals surface area contributed by atoms with Gasteiger partial charge in [-0.15, -0.1) is 0 Å². The van der Waals surface area contributed by atoms with E-state index in [1.165, 1.54) is 0 Å². The molecule has 1 saturated carbocycles. The van der Waals surface area contributed by atoms with Crippen molar-refractivity contribution in [2.24, 2.45) is 0 Å². The van der Waals surface area contributed by atoms with Gasteiger partial charge in [0, 0.05) is 7.05 Å². The Kier molecular flexibility index (Phi) is 5.25. The maximum atomic E-state index is 12.8. The third-order valence-electron chi connectivity index (χ3n) is 4.87. The number of rotatable bonds is 5. The number of likely N-dealkylation sites (N-methyl/N-ethyl adjacent to an activating group) is 2. The lowest BCUT2D eigenvalue weighted by atomic mass is 9.81. The van der Waals surface area contributed by atoms with Gasteiger partial charge in [-0.1, -0.05) is 19.3 Å². The summed E-state index contributed by atoms with van der Waals surface area (Å²) in [5, 5.41) is 9.62. The van der Waals surface area contributed by atoms with Crippen LogP contribution in [0, 0.1) is 11.3 Å². The van der Waals surface area contributed by atoms with Gasteiger partial charge in [-0.25, -0.2) is 0 Å². The van der Waals surface area contributed by atoms with E-state index < -0.39 is 5.54 Å². The van der Waals surface area contributed by atoms with Crippen molar-refractivity contribution in [1.82, 2.24) is 9.80 Å². The number of carbonyl (C=O) groups is 1. The average Bonchev–Trinajstić information content (AvgIpc) is 3.06. The van der Waals surface area contributed by atoms with E-state index in [9.17, 15) is 10.1 Å². The molecule has 2 rings (SSSR count). The topological polar surface area (TPSA) is 60.5 Å². The summed E-state index contributed by atoms with van der Waals surface area (Å²) < 4.78 is 5.33. The van der Waals surface area contributed by atoms with Crippen LogP contribution in [0.1, 0.15) is 44.8 Å². The summed E-state index contributed by atoms with van der Waals surface area (Å²) >= 11 is 0. The summed E-state index contributed by atoms with van der Waals surface area (Å²) in [4.78, 5) is 16.4. The standard InChI is InChI=1S/C17H25N3O2/c1-14(19(2)12-15-8-7-11-22-15)16(21)20(3)17(13-18)9-5-4-6-10-17/h7-8,11,14H,4-6,9-10,12H2,1-3H3/t14-/m1/s1. The number of furan rings is 1. The van der Waals surface area contributed by atoms with E-state index in [0.29, 0.717) is 6.54 Å². The maximum Gasteiger partial charge on any atom is 0.240 e. The Morgan fingerprint density at radius 3 is 2.64 bits per heavy atom. The van der Waals surface area contributed by atoms with Crippen molar-refractivity contribution >= 4 is 5.91 Å². The molecule has 22 heavy (non-hydrogen) atoms. The molecule has 1 atom stereocenters. The predicted octanol–water partition coefficient (Wildman–Crippen LogP) is 2.78. The Bertz CT molecular complexity index is 527. The number of amides is 1. The second kappa shape index (κ2) is 6.97. The minimum atomic E-state index is -0.630. The Morgan fingerprint density at radius 1 is 1.41 bits per heavy atom. The number of carbonyl (C=O) groups excluding carboxylic acids is 1. The molecule has 0 bridgehead atoms. The predicted molar refractivity (Wildman–Crippen MR) is 83.8 cm³/mol. The largest absolute Gasteiger partial charge is 0.468 e. The molecule has 0 aromatic carbocycles. The van der Waals surface area contributed by atoms with Crippen LogP contribution in [0.4, 0.5) is 0 Å². The van der Waals surface area contributed by atoms with E-state index in [2.05, 4.69) is 6.07 Å². The number of nitriles is 1. The molecule has 1 amide bonds. The van der Waals surface area contributed by atoms with Gasteiger partial charge in [0.15, 0.2) is 0 Å². The first-order chi connectivity index (χ1) is 10.5. The monoisotopic (exact) mass is 303 g/mol. The second-order valence-electron chi connectivity index (χ2n) is 6.27. The van der Waals surface area contributed by atoms with Gasteiger partial charge in [-0.05, 0) is 38.9 Å². The Hall–Kier alpha value is -1.80.